The summed E-state index contributed by atoms with van der Waals surface area (Å²) in [6.07, 6.45) is -5.27. The van der Waals surface area contributed by atoms with Crippen molar-refractivity contribution in [1.29, 1.82) is 10.8 Å². The highest BCUT2D eigenvalue weighted by Gasteiger charge is 2.51. The van der Waals surface area contributed by atoms with E-state index in [1.165, 1.54) is 18.3 Å². The molecule has 1 unspecified atom stereocenters. The van der Waals surface area contributed by atoms with Crippen LogP contribution in [0.1, 0.15) is 18.4 Å². The number of ether oxygens (including phenoxy) is 1. The lowest BCUT2D eigenvalue weighted by atomic mass is 9.98. The first-order valence-electron chi connectivity index (χ1n) is 10.4. The predicted octanol–water partition coefficient (Wildman–Crippen LogP) is 4.74. The SMILES string of the molecule is CC1(CC(=N)OC(=N)Cc2nc3ccc(-c4ccccc4)cc3s2)NC(=O)N(CC(F)(F)F)C1=O. The molecule has 35 heavy (non-hydrogen) atoms. The number of nitrogens with zero attached hydrogens (tertiary/aromatic N) is 2. The van der Waals surface area contributed by atoms with Crippen molar-refractivity contribution < 1.29 is 27.5 Å². The van der Waals surface area contributed by atoms with Gasteiger partial charge in [0.15, 0.2) is 11.8 Å². The van der Waals surface area contributed by atoms with Crippen molar-refractivity contribution in [3.05, 3.63) is 53.5 Å². The summed E-state index contributed by atoms with van der Waals surface area (Å²) in [5.74, 6) is -1.96. The number of urea groups is 1. The van der Waals surface area contributed by atoms with Crippen molar-refractivity contribution in [2.75, 3.05) is 6.54 Å². The van der Waals surface area contributed by atoms with Crippen molar-refractivity contribution >= 4 is 45.3 Å². The number of halogens is 3. The van der Waals surface area contributed by atoms with Gasteiger partial charge < -0.3 is 10.1 Å². The lowest BCUT2D eigenvalue weighted by molar-refractivity contribution is -0.154. The molecule has 1 saturated heterocycles. The third-order valence-electron chi connectivity index (χ3n) is 5.29. The minimum atomic E-state index is -4.75. The van der Waals surface area contributed by atoms with E-state index in [2.05, 4.69) is 10.3 Å². The van der Waals surface area contributed by atoms with Gasteiger partial charge in [-0.05, 0) is 30.2 Å². The van der Waals surface area contributed by atoms with Crippen LogP contribution in [0.4, 0.5) is 18.0 Å². The number of carbonyl (C=O) groups is 2. The Bertz CT molecular complexity index is 1320. The van der Waals surface area contributed by atoms with E-state index in [-0.39, 0.29) is 17.2 Å². The van der Waals surface area contributed by atoms with Crippen LogP contribution < -0.4 is 5.32 Å². The topological polar surface area (TPSA) is 119 Å². The quantitative estimate of drug-likeness (QED) is 0.256. The number of carbonyl (C=O) groups excluding carboxylic acids is 2. The monoisotopic (exact) mass is 503 g/mol. The minimum Gasteiger partial charge on any atom is -0.429 e. The summed E-state index contributed by atoms with van der Waals surface area (Å²) in [7, 11) is 0. The van der Waals surface area contributed by atoms with Crippen LogP contribution in [-0.2, 0) is 16.0 Å². The van der Waals surface area contributed by atoms with Gasteiger partial charge in [0.2, 0.25) is 0 Å². The van der Waals surface area contributed by atoms with Crippen LogP contribution in [0.2, 0.25) is 0 Å². The molecule has 1 aliphatic heterocycles. The average Bonchev–Trinajstić information content (AvgIpc) is 3.25. The maximum atomic E-state index is 12.7. The van der Waals surface area contributed by atoms with Crippen LogP contribution in [0.5, 0.6) is 0 Å². The van der Waals surface area contributed by atoms with Crippen molar-refractivity contribution in [3.63, 3.8) is 0 Å². The van der Waals surface area contributed by atoms with Crippen LogP contribution in [0.25, 0.3) is 21.3 Å². The summed E-state index contributed by atoms with van der Waals surface area (Å²) in [5.41, 5.74) is 1.06. The summed E-state index contributed by atoms with van der Waals surface area (Å²) in [6, 6.07) is 14.5. The minimum absolute atomic E-state index is 0.0143. The first-order valence-corrected chi connectivity index (χ1v) is 11.2. The fourth-order valence-corrected chi connectivity index (χ4v) is 4.73. The second-order valence-corrected chi connectivity index (χ2v) is 9.34. The largest absolute Gasteiger partial charge is 0.429 e. The molecule has 1 atom stereocenters. The molecular weight excluding hydrogens is 483 g/mol. The molecule has 3 amide bonds. The molecule has 0 bridgehead atoms. The Morgan fingerprint density at radius 3 is 2.51 bits per heavy atom. The molecule has 0 radical (unpaired) electrons. The van der Waals surface area contributed by atoms with E-state index in [4.69, 9.17) is 15.6 Å². The average molecular weight is 504 g/mol. The number of aromatic nitrogens is 1. The summed E-state index contributed by atoms with van der Waals surface area (Å²) < 4.78 is 44.1. The molecule has 3 aromatic rings. The Morgan fingerprint density at radius 2 is 1.83 bits per heavy atom. The van der Waals surface area contributed by atoms with E-state index in [1.54, 1.807) is 0 Å². The van der Waals surface area contributed by atoms with E-state index in [0.717, 1.165) is 21.3 Å². The standard InChI is InChI=1S/C23H20F3N5O3S/c1-22(20(32)31(21(33)30-22)12-23(24,25)26)11-18(28)34-17(27)10-19-29-15-8-7-14(9-16(15)35-19)13-5-3-2-4-6-13/h2-9,27-28H,10-12H2,1H3,(H,30,33). The van der Waals surface area contributed by atoms with Crippen LogP contribution >= 0.6 is 11.3 Å². The zero-order valence-corrected chi connectivity index (χ0v) is 19.2. The normalized spacial score (nSPS) is 18.1. The number of thiazole rings is 1. The fraction of sp³-hybridized carbons (Fsp3) is 0.261. The molecule has 3 N–H and O–H groups in total. The molecule has 0 spiro atoms. The zero-order valence-electron chi connectivity index (χ0n) is 18.4. The summed E-state index contributed by atoms with van der Waals surface area (Å²) in [4.78, 5) is 28.8. The first kappa shape index (κ1) is 24.3. The van der Waals surface area contributed by atoms with Crippen molar-refractivity contribution in [2.24, 2.45) is 0 Å². The van der Waals surface area contributed by atoms with Gasteiger partial charge in [-0.25, -0.2) is 9.78 Å². The zero-order chi connectivity index (χ0) is 25.4. The van der Waals surface area contributed by atoms with Crippen LogP contribution in [0.15, 0.2) is 48.5 Å². The highest BCUT2D eigenvalue weighted by molar-refractivity contribution is 7.18. The van der Waals surface area contributed by atoms with Crippen LogP contribution in [0.3, 0.4) is 0 Å². The molecule has 2 aromatic carbocycles. The Morgan fingerprint density at radius 1 is 1.11 bits per heavy atom. The number of hydrogen-bond donors (Lipinski definition) is 3. The summed E-state index contributed by atoms with van der Waals surface area (Å²) >= 11 is 1.37. The van der Waals surface area contributed by atoms with Gasteiger partial charge in [-0.3, -0.25) is 20.5 Å². The molecule has 4 rings (SSSR count). The van der Waals surface area contributed by atoms with Gasteiger partial charge in [-0.15, -0.1) is 11.3 Å². The van der Waals surface area contributed by atoms with Gasteiger partial charge in [0.05, 0.1) is 23.1 Å². The first-order chi connectivity index (χ1) is 16.4. The maximum Gasteiger partial charge on any atom is 0.406 e. The van der Waals surface area contributed by atoms with E-state index >= 15 is 0 Å². The number of hydrogen-bond acceptors (Lipinski definition) is 7. The highest BCUT2D eigenvalue weighted by atomic mass is 32.1. The number of rotatable bonds is 6. The molecule has 8 nitrogen and oxygen atoms in total. The van der Waals surface area contributed by atoms with Crippen molar-refractivity contribution in [1.82, 2.24) is 15.2 Å². The maximum absolute atomic E-state index is 12.7. The molecule has 12 heteroatoms. The number of imide groups is 1. The number of amides is 3. The molecule has 1 aromatic heterocycles. The van der Waals surface area contributed by atoms with Gasteiger partial charge >= 0.3 is 12.2 Å². The smallest absolute Gasteiger partial charge is 0.406 e. The molecule has 182 valence electrons. The molecule has 2 heterocycles. The van der Waals surface area contributed by atoms with Gasteiger partial charge in [-0.1, -0.05) is 36.4 Å². The van der Waals surface area contributed by atoms with Gasteiger partial charge in [0, 0.05) is 0 Å². The Kier molecular flexibility index (Phi) is 6.32. The number of fused-ring (bicyclic) bond motifs is 1. The fourth-order valence-electron chi connectivity index (χ4n) is 3.73. The van der Waals surface area contributed by atoms with E-state index in [0.29, 0.717) is 5.01 Å². The Balaban J connectivity index is 1.38. The molecule has 0 saturated carbocycles. The Hall–Kier alpha value is -3.80. The third kappa shape index (κ3) is 5.48. The Labute approximate surface area is 201 Å². The number of alkyl halides is 3. The molecule has 0 aliphatic carbocycles. The van der Waals surface area contributed by atoms with Crippen LogP contribution in [-0.4, -0.2) is 51.9 Å². The highest BCUT2D eigenvalue weighted by Crippen LogP contribution is 2.29. The lowest BCUT2D eigenvalue weighted by Crippen LogP contribution is -2.46. The van der Waals surface area contributed by atoms with E-state index < -0.39 is 42.5 Å². The number of benzene rings is 2. The van der Waals surface area contributed by atoms with E-state index in [1.807, 2.05) is 48.5 Å². The summed E-state index contributed by atoms with van der Waals surface area (Å²) in [6.45, 7) is -0.510. The molecule has 1 aliphatic rings. The van der Waals surface area contributed by atoms with Gasteiger partial charge in [0.1, 0.15) is 17.1 Å². The van der Waals surface area contributed by atoms with Crippen molar-refractivity contribution in [3.8, 4) is 11.1 Å². The summed E-state index contributed by atoms with van der Waals surface area (Å²) in [5, 5.41) is 18.8. The number of nitrogens with one attached hydrogen (secondary N) is 3. The van der Waals surface area contributed by atoms with Crippen molar-refractivity contribution in [2.45, 2.75) is 31.5 Å². The van der Waals surface area contributed by atoms with E-state index in [9.17, 15) is 22.8 Å². The van der Waals surface area contributed by atoms with Gasteiger partial charge in [-0.2, -0.15) is 13.2 Å². The second kappa shape index (κ2) is 9.10. The van der Waals surface area contributed by atoms with Crippen LogP contribution in [0, 0.1) is 10.8 Å². The lowest BCUT2D eigenvalue weighted by Gasteiger charge is -2.22. The molecular formula is C23H20F3N5O3S. The van der Waals surface area contributed by atoms with Gasteiger partial charge in [0.25, 0.3) is 5.91 Å². The predicted molar refractivity (Wildman–Crippen MR) is 125 cm³/mol. The third-order valence-corrected chi connectivity index (χ3v) is 6.31. The second-order valence-electron chi connectivity index (χ2n) is 8.23. The molecule has 1 fully saturated rings.